The maximum absolute atomic E-state index is 11.2. The summed E-state index contributed by atoms with van der Waals surface area (Å²) in [7, 11) is 1.39. The Labute approximate surface area is 106 Å². The number of hydrogen-bond acceptors (Lipinski definition) is 2. The lowest BCUT2D eigenvalue weighted by atomic mass is 9.93. The van der Waals surface area contributed by atoms with Crippen LogP contribution in [0, 0.1) is 0 Å². The molecule has 0 saturated carbocycles. The molecule has 1 rings (SSSR count). The molecule has 0 heterocycles. The van der Waals surface area contributed by atoms with E-state index in [0.29, 0.717) is 16.5 Å². The molecule has 0 aliphatic heterocycles. The highest BCUT2D eigenvalue weighted by atomic mass is 35.5. The van der Waals surface area contributed by atoms with Crippen molar-refractivity contribution in [3.05, 3.63) is 33.8 Å². The third-order valence-corrected chi connectivity index (χ3v) is 2.93. The Hall–Kier alpha value is -0.730. The van der Waals surface area contributed by atoms with Crippen molar-refractivity contribution in [1.82, 2.24) is 0 Å². The van der Waals surface area contributed by atoms with E-state index in [4.69, 9.17) is 23.2 Å². The van der Waals surface area contributed by atoms with E-state index in [2.05, 4.69) is 4.74 Å². The minimum atomic E-state index is -0.219. The van der Waals surface area contributed by atoms with Gasteiger partial charge in [0.05, 0.1) is 13.5 Å². The molecule has 0 aliphatic carbocycles. The van der Waals surface area contributed by atoms with Gasteiger partial charge in [-0.2, -0.15) is 0 Å². The Bertz CT molecular complexity index is 357. The fourth-order valence-corrected chi connectivity index (χ4v) is 2.14. The summed E-state index contributed by atoms with van der Waals surface area (Å²) in [5.41, 5.74) is 0.977. The minimum Gasteiger partial charge on any atom is -0.469 e. The maximum Gasteiger partial charge on any atom is 0.306 e. The Kier molecular flexibility index (Phi) is 5.10. The molecule has 0 fully saturated rings. The SMILES string of the molecule is CCC(CC(=O)OC)c1cc(Cl)cc(Cl)c1. The Morgan fingerprint density at radius 3 is 2.31 bits per heavy atom. The molecule has 2 nitrogen and oxygen atoms in total. The summed E-state index contributed by atoms with van der Waals surface area (Å²) in [6.07, 6.45) is 1.19. The highest BCUT2D eigenvalue weighted by Gasteiger charge is 2.15. The van der Waals surface area contributed by atoms with E-state index >= 15 is 0 Å². The molecule has 0 radical (unpaired) electrons. The van der Waals surface area contributed by atoms with Crippen molar-refractivity contribution in [2.24, 2.45) is 0 Å². The molecular formula is C12H14Cl2O2. The van der Waals surface area contributed by atoms with Gasteiger partial charge in [-0.05, 0) is 36.1 Å². The summed E-state index contributed by atoms with van der Waals surface area (Å²) in [4.78, 5) is 11.2. The quantitative estimate of drug-likeness (QED) is 0.764. The van der Waals surface area contributed by atoms with Crippen LogP contribution in [0.15, 0.2) is 18.2 Å². The van der Waals surface area contributed by atoms with Gasteiger partial charge < -0.3 is 4.74 Å². The standard InChI is InChI=1S/C12H14Cl2O2/c1-3-8(6-12(15)16-2)9-4-10(13)7-11(14)5-9/h4-5,7-8H,3,6H2,1-2H3. The average Bonchev–Trinajstić information content (AvgIpc) is 2.24. The van der Waals surface area contributed by atoms with E-state index in [9.17, 15) is 4.79 Å². The van der Waals surface area contributed by atoms with Crippen molar-refractivity contribution >= 4 is 29.2 Å². The van der Waals surface area contributed by atoms with Gasteiger partial charge in [0.2, 0.25) is 0 Å². The Balaban J connectivity index is 2.90. The van der Waals surface area contributed by atoms with Crippen molar-refractivity contribution in [2.75, 3.05) is 7.11 Å². The van der Waals surface area contributed by atoms with Gasteiger partial charge in [0.25, 0.3) is 0 Å². The van der Waals surface area contributed by atoms with Gasteiger partial charge in [-0.25, -0.2) is 0 Å². The van der Waals surface area contributed by atoms with Crippen LogP contribution in [0.3, 0.4) is 0 Å². The van der Waals surface area contributed by atoms with Crippen molar-refractivity contribution in [2.45, 2.75) is 25.7 Å². The molecule has 1 atom stereocenters. The van der Waals surface area contributed by atoms with Crippen molar-refractivity contribution in [1.29, 1.82) is 0 Å². The maximum atomic E-state index is 11.2. The average molecular weight is 261 g/mol. The topological polar surface area (TPSA) is 26.3 Å². The zero-order valence-corrected chi connectivity index (χ0v) is 10.8. The summed E-state index contributed by atoms with van der Waals surface area (Å²) in [6, 6.07) is 5.35. The molecule has 0 N–H and O–H groups in total. The zero-order valence-electron chi connectivity index (χ0n) is 9.30. The van der Waals surface area contributed by atoms with Gasteiger partial charge in [-0.1, -0.05) is 30.1 Å². The molecule has 4 heteroatoms. The van der Waals surface area contributed by atoms with Crippen LogP contribution in [-0.2, 0) is 9.53 Å². The van der Waals surface area contributed by atoms with Gasteiger partial charge in [0.1, 0.15) is 0 Å². The number of benzene rings is 1. The second kappa shape index (κ2) is 6.12. The van der Waals surface area contributed by atoms with Crippen LogP contribution in [0.4, 0.5) is 0 Å². The van der Waals surface area contributed by atoms with E-state index in [-0.39, 0.29) is 11.9 Å². The van der Waals surface area contributed by atoms with E-state index in [1.54, 1.807) is 6.07 Å². The van der Waals surface area contributed by atoms with Crippen molar-refractivity contribution in [3.8, 4) is 0 Å². The van der Waals surface area contributed by atoms with Crippen LogP contribution in [0.1, 0.15) is 31.2 Å². The molecule has 88 valence electrons. The van der Waals surface area contributed by atoms with E-state index in [1.807, 2.05) is 19.1 Å². The van der Waals surface area contributed by atoms with E-state index in [1.165, 1.54) is 7.11 Å². The minimum absolute atomic E-state index is 0.101. The number of hydrogen-bond donors (Lipinski definition) is 0. The first-order chi connectivity index (χ1) is 7.56. The second-order valence-electron chi connectivity index (χ2n) is 3.59. The van der Waals surface area contributed by atoms with Gasteiger partial charge in [-0.3, -0.25) is 4.79 Å². The summed E-state index contributed by atoms with van der Waals surface area (Å²) < 4.78 is 4.66. The van der Waals surface area contributed by atoms with Crippen molar-refractivity contribution in [3.63, 3.8) is 0 Å². The summed E-state index contributed by atoms with van der Waals surface area (Å²) in [5.74, 6) is -0.119. The van der Waals surface area contributed by atoms with Crippen LogP contribution >= 0.6 is 23.2 Å². The van der Waals surface area contributed by atoms with Gasteiger partial charge in [-0.15, -0.1) is 0 Å². The highest BCUT2D eigenvalue weighted by Crippen LogP contribution is 2.29. The number of carbonyl (C=O) groups is 1. The van der Waals surface area contributed by atoms with Crippen LogP contribution in [-0.4, -0.2) is 13.1 Å². The first-order valence-electron chi connectivity index (χ1n) is 5.09. The second-order valence-corrected chi connectivity index (χ2v) is 4.46. The first kappa shape index (κ1) is 13.3. The molecule has 16 heavy (non-hydrogen) atoms. The number of rotatable bonds is 4. The van der Waals surface area contributed by atoms with Gasteiger partial charge in [0, 0.05) is 10.0 Å². The van der Waals surface area contributed by atoms with Crippen LogP contribution < -0.4 is 0 Å². The molecule has 0 aliphatic rings. The number of esters is 1. The summed E-state index contributed by atoms with van der Waals surface area (Å²) >= 11 is 11.8. The number of halogens is 2. The highest BCUT2D eigenvalue weighted by molar-refractivity contribution is 6.34. The fraction of sp³-hybridized carbons (Fsp3) is 0.417. The molecule has 1 aromatic rings. The van der Waals surface area contributed by atoms with Crippen LogP contribution in [0.2, 0.25) is 10.0 Å². The third kappa shape index (κ3) is 3.69. The van der Waals surface area contributed by atoms with Crippen LogP contribution in [0.25, 0.3) is 0 Å². The molecule has 1 unspecified atom stereocenters. The molecular weight excluding hydrogens is 247 g/mol. The number of carbonyl (C=O) groups excluding carboxylic acids is 1. The number of methoxy groups -OCH3 is 1. The smallest absolute Gasteiger partial charge is 0.306 e. The lowest BCUT2D eigenvalue weighted by molar-refractivity contribution is -0.141. The van der Waals surface area contributed by atoms with Gasteiger partial charge in [0.15, 0.2) is 0 Å². The predicted molar refractivity (Wildman–Crippen MR) is 66.1 cm³/mol. The zero-order chi connectivity index (χ0) is 12.1. The summed E-state index contributed by atoms with van der Waals surface area (Å²) in [5, 5.41) is 1.18. The predicted octanol–water partition coefficient (Wildman–Crippen LogP) is 4.05. The lowest BCUT2D eigenvalue weighted by Gasteiger charge is -2.14. The number of ether oxygens (including phenoxy) is 1. The monoisotopic (exact) mass is 260 g/mol. The third-order valence-electron chi connectivity index (χ3n) is 2.49. The molecule has 1 aromatic carbocycles. The van der Waals surface area contributed by atoms with Crippen molar-refractivity contribution < 1.29 is 9.53 Å². The van der Waals surface area contributed by atoms with Crippen LogP contribution in [0.5, 0.6) is 0 Å². The van der Waals surface area contributed by atoms with Gasteiger partial charge >= 0.3 is 5.97 Å². The largest absolute Gasteiger partial charge is 0.469 e. The molecule has 0 aromatic heterocycles. The molecule has 0 spiro atoms. The molecule has 0 bridgehead atoms. The summed E-state index contributed by atoms with van der Waals surface area (Å²) in [6.45, 7) is 2.02. The first-order valence-corrected chi connectivity index (χ1v) is 5.85. The molecule has 0 saturated heterocycles. The Morgan fingerprint density at radius 2 is 1.88 bits per heavy atom. The van der Waals surface area contributed by atoms with E-state index in [0.717, 1.165) is 12.0 Å². The molecule has 0 amide bonds. The fourth-order valence-electron chi connectivity index (χ4n) is 1.59. The Morgan fingerprint density at radius 1 is 1.31 bits per heavy atom. The van der Waals surface area contributed by atoms with E-state index < -0.39 is 0 Å². The normalized spacial score (nSPS) is 12.2. The lowest BCUT2D eigenvalue weighted by Crippen LogP contribution is -2.08.